The van der Waals surface area contributed by atoms with Gasteiger partial charge in [-0.3, -0.25) is 4.57 Å². The molecule has 0 saturated carbocycles. The SMILES string of the molecule is CCOP(=O)(Cc1ccc(C(=NN)c2ccccc2)cc1)OCC. The molecule has 0 radical (unpaired) electrons. The fourth-order valence-electron chi connectivity index (χ4n) is 2.43. The van der Waals surface area contributed by atoms with Crippen molar-refractivity contribution in [1.82, 2.24) is 0 Å². The van der Waals surface area contributed by atoms with E-state index in [1.807, 2.05) is 54.6 Å². The lowest BCUT2D eigenvalue weighted by molar-refractivity contribution is 0.219. The molecule has 0 aliphatic rings. The normalized spacial score (nSPS) is 12.3. The highest BCUT2D eigenvalue weighted by Gasteiger charge is 2.24. The van der Waals surface area contributed by atoms with E-state index in [2.05, 4.69) is 5.10 Å². The third kappa shape index (κ3) is 4.78. The molecule has 2 aromatic rings. The Morgan fingerprint density at radius 2 is 1.50 bits per heavy atom. The monoisotopic (exact) mass is 346 g/mol. The van der Waals surface area contributed by atoms with Gasteiger partial charge in [-0.2, -0.15) is 5.10 Å². The van der Waals surface area contributed by atoms with Crippen molar-refractivity contribution in [2.45, 2.75) is 20.0 Å². The Bertz CT molecular complexity index is 705. The first kappa shape index (κ1) is 18.4. The molecule has 6 heteroatoms. The van der Waals surface area contributed by atoms with E-state index < -0.39 is 7.60 Å². The van der Waals surface area contributed by atoms with Crippen LogP contribution in [0.25, 0.3) is 0 Å². The highest BCUT2D eigenvalue weighted by Crippen LogP contribution is 2.51. The Balaban J connectivity index is 2.20. The van der Waals surface area contributed by atoms with Gasteiger partial charge < -0.3 is 14.9 Å². The molecule has 0 bridgehead atoms. The number of benzene rings is 2. The van der Waals surface area contributed by atoms with Gasteiger partial charge in [-0.25, -0.2) is 0 Å². The quantitative estimate of drug-likeness (QED) is 0.337. The first-order chi connectivity index (χ1) is 11.6. The third-order valence-corrected chi connectivity index (χ3v) is 5.49. The van der Waals surface area contributed by atoms with Gasteiger partial charge in [0.1, 0.15) is 0 Å². The van der Waals surface area contributed by atoms with Crippen LogP contribution in [0.1, 0.15) is 30.5 Å². The number of nitrogens with two attached hydrogens (primary N) is 1. The molecule has 0 atom stereocenters. The van der Waals surface area contributed by atoms with Crippen LogP contribution in [0.4, 0.5) is 0 Å². The summed E-state index contributed by atoms with van der Waals surface area (Å²) < 4.78 is 23.3. The van der Waals surface area contributed by atoms with Crippen LogP contribution in [0, 0.1) is 0 Å². The Morgan fingerprint density at radius 3 is 2.00 bits per heavy atom. The van der Waals surface area contributed by atoms with Gasteiger partial charge in [0, 0.05) is 11.1 Å². The maximum atomic E-state index is 12.6. The molecule has 0 fully saturated rings. The molecular weight excluding hydrogens is 323 g/mol. The van der Waals surface area contributed by atoms with Crippen LogP contribution in [0.3, 0.4) is 0 Å². The summed E-state index contributed by atoms with van der Waals surface area (Å²) in [6, 6.07) is 17.4. The number of hydrogen-bond acceptors (Lipinski definition) is 5. The molecule has 0 aliphatic heterocycles. The maximum Gasteiger partial charge on any atom is 0.335 e. The van der Waals surface area contributed by atoms with Crippen molar-refractivity contribution in [2.75, 3.05) is 13.2 Å². The Labute approximate surface area is 143 Å². The summed E-state index contributed by atoms with van der Waals surface area (Å²) in [5.74, 6) is 5.56. The molecule has 5 nitrogen and oxygen atoms in total. The van der Waals surface area contributed by atoms with Crippen LogP contribution in [0.2, 0.25) is 0 Å². The van der Waals surface area contributed by atoms with Crippen molar-refractivity contribution in [1.29, 1.82) is 0 Å². The molecule has 0 heterocycles. The molecule has 0 amide bonds. The van der Waals surface area contributed by atoms with E-state index >= 15 is 0 Å². The van der Waals surface area contributed by atoms with Gasteiger partial charge in [0.2, 0.25) is 0 Å². The van der Waals surface area contributed by atoms with Crippen LogP contribution in [0.15, 0.2) is 59.7 Å². The van der Waals surface area contributed by atoms with E-state index in [0.717, 1.165) is 16.7 Å². The highest BCUT2D eigenvalue weighted by molar-refractivity contribution is 7.53. The van der Waals surface area contributed by atoms with Crippen LogP contribution in [-0.2, 0) is 19.8 Å². The Morgan fingerprint density at radius 1 is 0.958 bits per heavy atom. The number of hydrazone groups is 1. The average Bonchev–Trinajstić information content (AvgIpc) is 2.58. The molecule has 0 saturated heterocycles. The fourth-order valence-corrected chi connectivity index (χ4v) is 4.13. The van der Waals surface area contributed by atoms with Crippen LogP contribution >= 0.6 is 7.60 Å². The molecular formula is C18H23N2O3P. The third-order valence-electron chi connectivity index (χ3n) is 3.43. The maximum absolute atomic E-state index is 12.6. The first-order valence-corrected chi connectivity index (χ1v) is 9.65. The van der Waals surface area contributed by atoms with Gasteiger partial charge in [-0.1, -0.05) is 54.6 Å². The summed E-state index contributed by atoms with van der Waals surface area (Å²) in [6.45, 7) is 4.32. The van der Waals surface area contributed by atoms with Crippen molar-refractivity contribution >= 4 is 13.3 Å². The second-order valence-corrected chi connectivity index (χ2v) is 7.20. The summed E-state index contributed by atoms with van der Waals surface area (Å²) in [6.07, 6.45) is 0.245. The lowest BCUT2D eigenvalue weighted by Crippen LogP contribution is -2.06. The van der Waals surface area contributed by atoms with Crippen molar-refractivity contribution in [3.63, 3.8) is 0 Å². The van der Waals surface area contributed by atoms with Gasteiger partial charge in [0.05, 0.1) is 25.1 Å². The average molecular weight is 346 g/mol. The van der Waals surface area contributed by atoms with Crippen molar-refractivity contribution in [2.24, 2.45) is 10.9 Å². The minimum Gasteiger partial charge on any atom is -0.323 e. The van der Waals surface area contributed by atoms with E-state index in [9.17, 15) is 4.57 Å². The second-order valence-electron chi connectivity index (χ2n) is 5.15. The van der Waals surface area contributed by atoms with E-state index in [0.29, 0.717) is 18.9 Å². The molecule has 0 aliphatic carbocycles. The number of hydrogen-bond donors (Lipinski definition) is 1. The van der Waals surface area contributed by atoms with E-state index in [1.54, 1.807) is 13.8 Å². The molecule has 0 spiro atoms. The smallest absolute Gasteiger partial charge is 0.323 e. The summed E-state index contributed by atoms with van der Waals surface area (Å²) in [7, 11) is -3.10. The van der Waals surface area contributed by atoms with Gasteiger partial charge in [0.25, 0.3) is 0 Å². The zero-order valence-electron chi connectivity index (χ0n) is 14.0. The minimum atomic E-state index is -3.10. The topological polar surface area (TPSA) is 73.9 Å². The summed E-state index contributed by atoms with van der Waals surface area (Å²) in [5.41, 5.74) is 3.44. The van der Waals surface area contributed by atoms with Crippen LogP contribution < -0.4 is 5.84 Å². The van der Waals surface area contributed by atoms with E-state index in [4.69, 9.17) is 14.9 Å². The number of rotatable bonds is 8. The number of nitrogens with zero attached hydrogens (tertiary/aromatic N) is 1. The standard InChI is InChI=1S/C18H23N2O3P/c1-3-22-24(21,23-4-2)14-15-10-12-17(13-11-15)18(20-19)16-8-6-5-7-9-16/h5-13H,3-4,14,19H2,1-2H3. The van der Waals surface area contributed by atoms with Crippen LogP contribution in [0.5, 0.6) is 0 Å². The van der Waals surface area contributed by atoms with Gasteiger partial charge in [-0.05, 0) is 19.4 Å². The summed E-state index contributed by atoms with van der Waals surface area (Å²) >= 11 is 0. The lowest BCUT2D eigenvalue weighted by atomic mass is 10.0. The zero-order chi connectivity index (χ0) is 17.4. The molecule has 24 heavy (non-hydrogen) atoms. The van der Waals surface area contributed by atoms with Crippen molar-refractivity contribution < 1.29 is 13.6 Å². The van der Waals surface area contributed by atoms with Crippen molar-refractivity contribution in [3.05, 3.63) is 71.3 Å². The van der Waals surface area contributed by atoms with Crippen molar-refractivity contribution in [3.8, 4) is 0 Å². The summed E-state index contributed by atoms with van der Waals surface area (Å²) in [4.78, 5) is 0. The highest BCUT2D eigenvalue weighted by atomic mass is 31.2. The van der Waals surface area contributed by atoms with E-state index in [1.165, 1.54) is 0 Å². The van der Waals surface area contributed by atoms with Crippen LogP contribution in [-0.4, -0.2) is 18.9 Å². The van der Waals surface area contributed by atoms with Gasteiger partial charge in [-0.15, -0.1) is 0 Å². The lowest BCUT2D eigenvalue weighted by Gasteiger charge is -2.17. The first-order valence-electron chi connectivity index (χ1n) is 7.92. The van der Waals surface area contributed by atoms with Gasteiger partial charge in [0.15, 0.2) is 0 Å². The Hall–Kier alpha value is -1.94. The predicted octanol–water partition coefficient (Wildman–Crippen LogP) is 4.16. The minimum absolute atomic E-state index is 0.245. The fraction of sp³-hybridized carbons (Fsp3) is 0.278. The Kier molecular flexibility index (Phi) is 6.73. The summed E-state index contributed by atoms with van der Waals surface area (Å²) in [5, 5.41) is 3.90. The molecule has 0 unspecified atom stereocenters. The molecule has 128 valence electrons. The second kappa shape index (κ2) is 8.78. The zero-order valence-corrected chi connectivity index (χ0v) is 14.9. The van der Waals surface area contributed by atoms with Gasteiger partial charge >= 0.3 is 7.60 Å². The molecule has 2 N–H and O–H groups in total. The molecule has 0 aromatic heterocycles. The molecule has 2 rings (SSSR count). The largest absolute Gasteiger partial charge is 0.335 e. The molecule has 2 aromatic carbocycles. The van der Waals surface area contributed by atoms with E-state index in [-0.39, 0.29) is 6.16 Å². The predicted molar refractivity (Wildman–Crippen MR) is 97.3 cm³/mol.